The summed E-state index contributed by atoms with van der Waals surface area (Å²) in [5.41, 5.74) is 0.634. The Hall–Kier alpha value is -1.78. The van der Waals surface area contributed by atoms with E-state index in [0.29, 0.717) is 11.6 Å². The van der Waals surface area contributed by atoms with E-state index in [1.807, 2.05) is 29.9 Å². The van der Waals surface area contributed by atoms with Gasteiger partial charge in [-0.2, -0.15) is 0 Å². The lowest BCUT2D eigenvalue weighted by Gasteiger charge is -2.33. The first-order valence-electron chi connectivity index (χ1n) is 7.65. The lowest BCUT2D eigenvalue weighted by atomic mass is 9.84. The summed E-state index contributed by atoms with van der Waals surface area (Å²) in [6.07, 6.45) is 7.03. The highest BCUT2D eigenvalue weighted by atomic mass is 16.5. The molecular weight excluding hydrogens is 268 g/mol. The van der Waals surface area contributed by atoms with Crippen LogP contribution in [-0.2, 0) is 16.6 Å². The van der Waals surface area contributed by atoms with Crippen LogP contribution < -0.4 is 0 Å². The molecule has 0 spiro atoms. The van der Waals surface area contributed by atoms with E-state index in [0.717, 1.165) is 25.7 Å². The number of carbonyl (C=O) groups is 2. The molecule has 1 aliphatic heterocycles. The zero-order valence-electron chi connectivity index (χ0n) is 12.6. The quantitative estimate of drug-likeness (QED) is 0.783. The first-order valence-corrected chi connectivity index (χ1v) is 7.65. The monoisotopic (exact) mass is 290 g/mol. The van der Waals surface area contributed by atoms with E-state index in [2.05, 4.69) is 0 Å². The Morgan fingerprint density at radius 1 is 1.29 bits per heavy atom. The van der Waals surface area contributed by atoms with Crippen LogP contribution in [0, 0.1) is 5.92 Å². The van der Waals surface area contributed by atoms with Crippen LogP contribution in [0.2, 0.25) is 0 Å². The predicted octanol–water partition coefficient (Wildman–Crippen LogP) is 1.97. The Morgan fingerprint density at radius 3 is 2.71 bits per heavy atom. The van der Waals surface area contributed by atoms with Gasteiger partial charge in [0, 0.05) is 19.3 Å². The maximum Gasteiger partial charge on any atom is 0.328 e. The van der Waals surface area contributed by atoms with Gasteiger partial charge in [0.1, 0.15) is 11.7 Å². The molecule has 0 bridgehead atoms. The second-order valence-electron chi connectivity index (χ2n) is 6.10. The summed E-state index contributed by atoms with van der Waals surface area (Å²) >= 11 is 0. The van der Waals surface area contributed by atoms with Crippen molar-refractivity contribution in [2.24, 2.45) is 13.0 Å². The summed E-state index contributed by atoms with van der Waals surface area (Å²) < 4.78 is 6.74. The number of aromatic nitrogens is 1. The Balaban J connectivity index is 1.93. The van der Waals surface area contributed by atoms with Crippen molar-refractivity contribution in [2.45, 2.75) is 44.2 Å². The number of esters is 1. The zero-order valence-corrected chi connectivity index (χ0v) is 12.6. The first kappa shape index (κ1) is 14.2. The van der Waals surface area contributed by atoms with Gasteiger partial charge in [0.05, 0.1) is 7.11 Å². The van der Waals surface area contributed by atoms with Gasteiger partial charge in [-0.3, -0.25) is 4.79 Å². The molecule has 0 aromatic carbocycles. The molecule has 0 N–H and O–H groups in total. The molecule has 1 amide bonds. The van der Waals surface area contributed by atoms with Crippen molar-refractivity contribution in [3.63, 3.8) is 0 Å². The van der Waals surface area contributed by atoms with Crippen molar-refractivity contribution in [3.8, 4) is 0 Å². The number of hydrogen-bond donors (Lipinski definition) is 0. The van der Waals surface area contributed by atoms with Crippen LogP contribution in [0.3, 0.4) is 0 Å². The van der Waals surface area contributed by atoms with E-state index in [4.69, 9.17) is 4.74 Å². The molecule has 1 aromatic rings. The highest BCUT2D eigenvalue weighted by Gasteiger charge is 2.48. The Bertz CT molecular complexity index is 551. The Morgan fingerprint density at radius 2 is 2.05 bits per heavy atom. The number of carbonyl (C=O) groups excluding carboxylic acids is 2. The Labute approximate surface area is 124 Å². The van der Waals surface area contributed by atoms with Gasteiger partial charge >= 0.3 is 5.97 Å². The molecular formula is C16H22N2O3. The maximum atomic E-state index is 12.9. The number of likely N-dealkylation sites (tertiary alicyclic amines) is 1. The number of nitrogens with zero attached hydrogens (tertiary/aromatic N) is 2. The third-order valence-corrected chi connectivity index (χ3v) is 4.96. The van der Waals surface area contributed by atoms with Crippen LogP contribution in [0.25, 0.3) is 0 Å². The molecule has 0 unspecified atom stereocenters. The summed E-state index contributed by atoms with van der Waals surface area (Å²) in [7, 11) is 3.25. The van der Waals surface area contributed by atoms with Crippen LogP contribution >= 0.6 is 0 Å². The number of ether oxygens (including phenoxy) is 1. The topological polar surface area (TPSA) is 51.5 Å². The van der Waals surface area contributed by atoms with E-state index in [-0.39, 0.29) is 17.9 Å². The summed E-state index contributed by atoms with van der Waals surface area (Å²) in [4.78, 5) is 26.8. The number of fused-ring (bicyclic) bond motifs is 1. The smallest absolute Gasteiger partial charge is 0.328 e. The van der Waals surface area contributed by atoms with Gasteiger partial charge in [-0.25, -0.2) is 4.79 Å². The highest BCUT2D eigenvalue weighted by molar-refractivity contribution is 5.96. The minimum Gasteiger partial charge on any atom is -0.467 e. The van der Waals surface area contributed by atoms with Gasteiger partial charge in [0.2, 0.25) is 0 Å². The average Bonchev–Trinajstić information content (AvgIpc) is 3.09. The third-order valence-electron chi connectivity index (χ3n) is 4.96. The number of methoxy groups -OCH3 is 1. The second kappa shape index (κ2) is 5.54. The van der Waals surface area contributed by atoms with Gasteiger partial charge in [-0.05, 0) is 37.3 Å². The SMILES string of the molecule is COC(=O)[C@@H]1C[C@@H]2CCCC[C@@H]2N1C(=O)c1cccn1C. The van der Waals surface area contributed by atoms with Gasteiger partial charge in [0.15, 0.2) is 0 Å². The molecule has 21 heavy (non-hydrogen) atoms. The molecule has 5 nitrogen and oxygen atoms in total. The third kappa shape index (κ3) is 2.34. The normalized spacial score (nSPS) is 28.3. The number of amides is 1. The molecule has 0 radical (unpaired) electrons. The van der Waals surface area contributed by atoms with Gasteiger partial charge in [-0.15, -0.1) is 0 Å². The molecule has 5 heteroatoms. The Kier molecular flexibility index (Phi) is 3.74. The van der Waals surface area contributed by atoms with Crippen molar-refractivity contribution in [1.29, 1.82) is 0 Å². The number of hydrogen-bond acceptors (Lipinski definition) is 3. The summed E-state index contributed by atoms with van der Waals surface area (Å²) in [6.45, 7) is 0. The van der Waals surface area contributed by atoms with Crippen LogP contribution in [0.1, 0.15) is 42.6 Å². The fourth-order valence-corrected chi connectivity index (χ4v) is 3.91. The minimum absolute atomic E-state index is 0.0488. The predicted molar refractivity (Wildman–Crippen MR) is 77.7 cm³/mol. The molecule has 114 valence electrons. The summed E-state index contributed by atoms with van der Waals surface area (Å²) in [6, 6.07) is 3.43. The average molecular weight is 290 g/mol. The molecule has 2 heterocycles. The maximum absolute atomic E-state index is 12.9. The summed E-state index contributed by atoms with van der Waals surface area (Å²) in [5.74, 6) is 0.103. The standard InChI is InChI=1S/C16H22N2O3/c1-17-9-5-8-13(17)15(19)18-12-7-4-3-6-11(12)10-14(18)16(20)21-2/h5,8-9,11-12,14H,3-4,6-7,10H2,1-2H3/t11-,12-,14-/m0/s1. The largest absolute Gasteiger partial charge is 0.467 e. The number of rotatable bonds is 2. The molecule has 3 rings (SSSR count). The minimum atomic E-state index is -0.425. The van der Waals surface area contributed by atoms with Gasteiger partial charge in [0.25, 0.3) is 5.91 Å². The first-order chi connectivity index (χ1) is 10.1. The molecule has 1 aliphatic carbocycles. The van der Waals surface area contributed by atoms with Crippen molar-refractivity contribution >= 4 is 11.9 Å². The van der Waals surface area contributed by atoms with E-state index < -0.39 is 6.04 Å². The van der Waals surface area contributed by atoms with Crippen molar-refractivity contribution in [2.75, 3.05) is 7.11 Å². The lowest BCUT2D eigenvalue weighted by Crippen LogP contribution is -2.47. The van der Waals surface area contributed by atoms with E-state index >= 15 is 0 Å². The molecule has 3 atom stereocenters. The van der Waals surface area contributed by atoms with Crippen LogP contribution in [-0.4, -0.2) is 40.5 Å². The highest BCUT2D eigenvalue weighted by Crippen LogP contribution is 2.40. The second-order valence-corrected chi connectivity index (χ2v) is 6.10. The van der Waals surface area contributed by atoms with Crippen molar-refractivity contribution < 1.29 is 14.3 Å². The molecule has 1 saturated carbocycles. The van der Waals surface area contributed by atoms with Crippen LogP contribution in [0.5, 0.6) is 0 Å². The van der Waals surface area contributed by atoms with Gasteiger partial charge in [-0.1, -0.05) is 12.8 Å². The van der Waals surface area contributed by atoms with E-state index in [1.54, 1.807) is 4.90 Å². The zero-order chi connectivity index (χ0) is 15.0. The fraction of sp³-hybridized carbons (Fsp3) is 0.625. The molecule has 1 saturated heterocycles. The van der Waals surface area contributed by atoms with E-state index in [1.165, 1.54) is 13.5 Å². The van der Waals surface area contributed by atoms with E-state index in [9.17, 15) is 9.59 Å². The van der Waals surface area contributed by atoms with Crippen molar-refractivity contribution in [3.05, 3.63) is 24.0 Å². The van der Waals surface area contributed by atoms with Crippen LogP contribution in [0.4, 0.5) is 0 Å². The van der Waals surface area contributed by atoms with Crippen molar-refractivity contribution in [1.82, 2.24) is 9.47 Å². The summed E-state index contributed by atoms with van der Waals surface area (Å²) in [5, 5.41) is 0. The molecule has 2 fully saturated rings. The fourth-order valence-electron chi connectivity index (χ4n) is 3.91. The van der Waals surface area contributed by atoms with Gasteiger partial charge < -0.3 is 14.2 Å². The van der Waals surface area contributed by atoms with Crippen LogP contribution in [0.15, 0.2) is 18.3 Å². The number of aryl methyl sites for hydroxylation is 1. The lowest BCUT2D eigenvalue weighted by molar-refractivity contribution is -0.145. The molecule has 1 aromatic heterocycles. The molecule has 2 aliphatic rings.